The van der Waals surface area contributed by atoms with E-state index in [-0.39, 0.29) is 11.6 Å². The van der Waals surface area contributed by atoms with Crippen molar-refractivity contribution in [1.29, 1.82) is 0 Å². The molecule has 0 bridgehead atoms. The standard InChI is InChI=1S/C11H12N2OS2/c1-7(6-10(12)15)13-11(14)8-4-2-3-5-9(8)16-13/h2-5,7H,6H2,1H3,(H2,12,15). The van der Waals surface area contributed by atoms with E-state index in [9.17, 15) is 4.79 Å². The van der Waals surface area contributed by atoms with Gasteiger partial charge in [-0.25, -0.2) is 0 Å². The van der Waals surface area contributed by atoms with Crippen molar-refractivity contribution in [3.63, 3.8) is 0 Å². The van der Waals surface area contributed by atoms with E-state index >= 15 is 0 Å². The predicted octanol–water partition coefficient (Wildman–Crippen LogP) is 2.30. The van der Waals surface area contributed by atoms with Crippen molar-refractivity contribution in [2.24, 2.45) is 5.73 Å². The molecule has 0 aliphatic heterocycles. The van der Waals surface area contributed by atoms with E-state index in [1.54, 1.807) is 3.96 Å². The Morgan fingerprint density at radius 3 is 2.88 bits per heavy atom. The van der Waals surface area contributed by atoms with Crippen molar-refractivity contribution in [1.82, 2.24) is 3.96 Å². The average molecular weight is 252 g/mol. The molecule has 1 atom stereocenters. The Bertz CT molecular complexity index is 585. The van der Waals surface area contributed by atoms with Crippen LogP contribution < -0.4 is 11.3 Å². The maximum Gasteiger partial charge on any atom is 0.268 e. The van der Waals surface area contributed by atoms with Gasteiger partial charge in [-0.15, -0.1) is 0 Å². The molecule has 84 valence electrons. The van der Waals surface area contributed by atoms with Crippen molar-refractivity contribution in [2.75, 3.05) is 0 Å². The minimum atomic E-state index is 0.0300. The summed E-state index contributed by atoms with van der Waals surface area (Å²) >= 11 is 6.33. The van der Waals surface area contributed by atoms with Gasteiger partial charge < -0.3 is 5.73 Å². The van der Waals surface area contributed by atoms with Crippen molar-refractivity contribution >= 4 is 38.8 Å². The minimum Gasteiger partial charge on any atom is -0.393 e. The number of benzene rings is 1. The van der Waals surface area contributed by atoms with Gasteiger partial charge in [0, 0.05) is 6.42 Å². The lowest BCUT2D eigenvalue weighted by molar-refractivity contribution is 0.601. The van der Waals surface area contributed by atoms with E-state index in [1.807, 2.05) is 31.2 Å². The number of aromatic nitrogens is 1. The van der Waals surface area contributed by atoms with Crippen LogP contribution >= 0.6 is 23.8 Å². The van der Waals surface area contributed by atoms with E-state index in [0.29, 0.717) is 11.4 Å². The number of hydrogen-bond acceptors (Lipinski definition) is 3. The molecule has 1 aromatic carbocycles. The second-order valence-corrected chi connectivity index (χ2v) is 5.28. The molecule has 1 heterocycles. The molecular weight excluding hydrogens is 240 g/mol. The summed E-state index contributed by atoms with van der Waals surface area (Å²) in [4.78, 5) is 12.5. The fourth-order valence-corrected chi connectivity index (χ4v) is 2.94. The maximum atomic E-state index is 12.0. The molecule has 0 saturated heterocycles. The third kappa shape index (κ3) is 2.01. The van der Waals surface area contributed by atoms with E-state index < -0.39 is 0 Å². The fraction of sp³-hybridized carbons (Fsp3) is 0.273. The first-order valence-corrected chi connectivity index (χ1v) is 6.16. The molecule has 0 radical (unpaired) electrons. The molecule has 3 nitrogen and oxygen atoms in total. The van der Waals surface area contributed by atoms with Gasteiger partial charge in [-0.3, -0.25) is 8.75 Å². The lowest BCUT2D eigenvalue weighted by Gasteiger charge is -2.09. The lowest BCUT2D eigenvalue weighted by atomic mass is 10.2. The zero-order chi connectivity index (χ0) is 11.7. The predicted molar refractivity (Wildman–Crippen MR) is 72.2 cm³/mol. The van der Waals surface area contributed by atoms with Crippen molar-refractivity contribution < 1.29 is 0 Å². The van der Waals surface area contributed by atoms with Gasteiger partial charge >= 0.3 is 0 Å². The van der Waals surface area contributed by atoms with Crippen molar-refractivity contribution in [3.8, 4) is 0 Å². The molecule has 16 heavy (non-hydrogen) atoms. The molecule has 0 aliphatic carbocycles. The van der Waals surface area contributed by atoms with Crippen LogP contribution in [0.15, 0.2) is 29.1 Å². The monoisotopic (exact) mass is 252 g/mol. The average Bonchev–Trinajstić information content (AvgIpc) is 2.56. The van der Waals surface area contributed by atoms with Gasteiger partial charge in [-0.05, 0) is 19.1 Å². The van der Waals surface area contributed by atoms with Crippen LogP contribution in [0.1, 0.15) is 19.4 Å². The van der Waals surface area contributed by atoms with Crippen LogP contribution in [0.4, 0.5) is 0 Å². The highest BCUT2D eigenvalue weighted by Crippen LogP contribution is 2.20. The third-order valence-corrected chi connectivity index (χ3v) is 3.85. The van der Waals surface area contributed by atoms with E-state index in [1.165, 1.54) is 11.5 Å². The highest BCUT2D eigenvalue weighted by Gasteiger charge is 2.13. The summed E-state index contributed by atoms with van der Waals surface area (Å²) in [6, 6.07) is 7.63. The van der Waals surface area contributed by atoms with E-state index in [2.05, 4.69) is 0 Å². The quantitative estimate of drug-likeness (QED) is 0.853. The number of fused-ring (bicyclic) bond motifs is 1. The first-order chi connectivity index (χ1) is 7.59. The first-order valence-electron chi connectivity index (χ1n) is 4.98. The van der Waals surface area contributed by atoms with Gasteiger partial charge in [0.1, 0.15) is 0 Å². The molecule has 0 fully saturated rings. The van der Waals surface area contributed by atoms with Gasteiger partial charge in [-0.1, -0.05) is 35.9 Å². The largest absolute Gasteiger partial charge is 0.393 e. The number of nitrogens with zero attached hydrogens (tertiary/aromatic N) is 1. The summed E-state index contributed by atoms with van der Waals surface area (Å²) < 4.78 is 2.74. The Hall–Kier alpha value is -1.20. The normalized spacial score (nSPS) is 12.8. The zero-order valence-corrected chi connectivity index (χ0v) is 10.5. The van der Waals surface area contributed by atoms with Crippen molar-refractivity contribution in [3.05, 3.63) is 34.6 Å². The second kappa shape index (κ2) is 4.35. The van der Waals surface area contributed by atoms with E-state index in [0.717, 1.165) is 10.1 Å². The molecule has 2 rings (SSSR count). The Balaban J connectivity index is 2.49. The van der Waals surface area contributed by atoms with Gasteiger partial charge in [0.25, 0.3) is 5.56 Å². The molecular formula is C11H12N2OS2. The Morgan fingerprint density at radius 2 is 2.25 bits per heavy atom. The SMILES string of the molecule is CC(CC(N)=S)n1sc2ccccc2c1=O. The number of nitrogens with two attached hydrogens (primary N) is 1. The fourth-order valence-electron chi connectivity index (χ4n) is 1.65. The van der Waals surface area contributed by atoms with Crippen molar-refractivity contribution in [2.45, 2.75) is 19.4 Å². The number of thiocarbonyl (C=S) groups is 1. The van der Waals surface area contributed by atoms with E-state index in [4.69, 9.17) is 18.0 Å². The Labute approximate surface area is 103 Å². The Kier molecular flexibility index (Phi) is 3.07. The zero-order valence-electron chi connectivity index (χ0n) is 8.84. The van der Waals surface area contributed by atoms with Gasteiger partial charge in [-0.2, -0.15) is 0 Å². The maximum absolute atomic E-state index is 12.0. The van der Waals surface area contributed by atoms with Crippen LogP contribution in [0.3, 0.4) is 0 Å². The summed E-state index contributed by atoms with van der Waals surface area (Å²) in [5, 5.41) is 0.766. The molecule has 0 saturated carbocycles. The van der Waals surface area contributed by atoms with Gasteiger partial charge in [0.2, 0.25) is 0 Å². The summed E-state index contributed by atoms with van der Waals surface area (Å²) in [7, 11) is 0. The first kappa shape index (κ1) is 11.3. The lowest BCUT2D eigenvalue weighted by Crippen LogP contribution is -2.21. The summed E-state index contributed by atoms with van der Waals surface area (Å²) in [6.45, 7) is 1.95. The molecule has 0 amide bonds. The molecule has 0 aliphatic rings. The summed E-state index contributed by atoms with van der Waals surface area (Å²) in [5.41, 5.74) is 5.54. The third-order valence-electron chi connectivity index (χ3n) is 2.41. The molecule has 2 N–H and O–H groups in total. The second-order valence-electron chi connectivity index (χ2n) is 3.74. The number of hydrogen-bond donors (Lipinski definition) is 1. The van der Waals surface area contributed by atoms with Crippen LogP contribution in [0.2, 0.25) is 0 Å². The molecule has 2 aromatic rings. The van der Waals surface area contributed by atoms with Gasteiger partial charge in [0.15, 0.2) is 0 Å². The van der Waals surface area contributed by atoms with Crippen LogP contribution in [0.25, 0.3) is 10.1 Å². The molecule has 1 aromatic heterocycles. The van der Waals surface area contributed by atoms with Crippen LogP contribution in [-0.4, -0.2) is 8.95 Å². The molecule has 0 spiro atoms. The highest BCUT2D eigenvalue weighted by atomic mass is 32.1. The van der Waals surface area contributed by atoms with Gasteiger partial charge in [0.05, 0.1) is 21.1 Å². The summed E-state index contributed by atoms with van der Waals surface area (Å²) in [6.07, 6.45) is 0.558. The van der Waals surface area contributed by atoms with Crippen LogP contribution in [0.5, 0.6) is 0 Å². The van der Waals surface area contributed by atoms with Crippen LogP contribution in [0, 0.1) is 0 Å². The molecule has 1 unspecified atom stereocenters. The van der Waals surface area contributed by atoms with Crippen LogP contribution in [-0.2, 0) is 0 Å². The topological polar surface area (TPSA) is 48.0 Å². The number of rotatable bonds is 3. The smallest absolute Gasteiger partial charge is 0.268 e. The molecule has 5 heteroatoms. The highest BCUT2D eigenvalue weighted by molar-refractivity contribution is 7.80. The minimum absolute atomic E-state index is 0.0300. The summed E-state index contributed by atoms with van der Waals surface area (Å²) in [5.74, 6) is 0. The Morgan fingerprint density at radius 1 is 1.56 bits per heavy atom.